The molecular weight excluding hydrogens is 288 g/mol. The Hall–Kier alpha value is -1.86. The highest BCUT2D eigenvalue weighted by Gasteiger charge is 2.21. The van der Waals surface area contributed by atoms with Crippen LogP contribution in [0.4, 0.5) is 17.2 Å². The summed E-state index contributed by atoms with van der Waals surface area (Å²) in [7, 11) is 0. The lowest BCUT2D eigenvalue weighted by molar-refractivity contribution is -0.384. The summed E-state index contributed by atoms with van der Waals surface area (Å²) in [4.78, 5) is 18.9. The van der Waals surface area contributed by atoms with Crippen LogP contribution in [0, 0.1) is 10.1 Å². The van der Waals surface area contributed by atoms with Crippen molar-refractivity contribution in [1.82, 2.24) is 9.97 Å². The van der Waals surface area contributed by atoms with Gasteiger partial charge in [-0.3, -0.25) is 10.1 Å². The summed E-state index contributed by atoms with van der Waals surface area (Å²) >= 11 is 7.31. The second kappa shape index (κ2) is 5.85. The topological polar surface area (TPSA) is 81.0 Å². The van der Waals surface area contributed by atoms with Gasteiger partial charge in [0.25, 0.3) is 0 Å². The van der Waals surface area contributed by atoms with Crippen LogP contribution in [-0.4, -0.2) is 21.1 Å². The fourth-order valence-corrected chi connectivity index (χ4v) is 2.03. The Morgan fingerprint density at radius 3 is 2.58 bits per heavy atom. The Morgan fingerprint density at radius 2 is 2.00 bits per heavy atom. The van der Waals surface area contributed by atoms with Crippen LogP contribution in [0.15, 0.2) is 35.5 Å². The van der Waals surface area contributed by atoms with Crippen LogP contribution >= 0.6 is 23.4 Å². The molecule has 1 aromatic heterocycles. The summed E-state index contributed by atoms with van der Waals surface area (Å²) in [6.07, 6.45) is 3.14. The first-order valence-corrected chi connectivity index (χ1v) is 6.78. The molecule has 0 unspecified atom stereocenters. The van der Waals surface area contributed by atoms with Crippen LogP contribution in [0.2, 0.25) is 5.15 Å². The second-order valence-corrected chi connectivity index (χ2v) is 4.71. The SMILES string of the molecule is CSc1ccc(Nc2ncnc(Cl)c2[N+](=O)[O-])cc1. The molecule has 0 fully saturated rings. The first kappa shape index (κ1) is 13.6. The number of nitrogens with one attached hydrogen (secondary N) is 1. The predicted octanol–water partition coefficient (Wildman–Crippen LogP) is 3.50. The maximum Gasteiger partial charge on any atom is 0.348 e. The Labute approximate surface area is 118 Å². The maximum atomic E-state index is 10.9. The Morgan fingerprint density at radius 1 is 1.32 bits per heavy atom. The largest absolute Gasteiger partial charge is 0.348 e. The molecule has 0 saturated heterocycles. The van der Waals surface area contributed by atoms with Crippen LogP contribution in [0.3, 0.4) is 0 Å². The van der Waals surface area contributed by atoms with Gasteiger partial charge in [0.1, 0.15) is 6.33 Å². The number of rotatable bonds is 4. The smallest absolute Gasteiger partial charge is 0.334 e. The lowest BCUT2D eigenvalue weighted by Crippen LogP contribution is -2.01. The molecule has 0 atom stereocenters. The minimum absolute atomic E-state index is 0.0712. The number of aromatic nitrogens is 2. The van der Waals surface area contributed by atoms with Crippen LogP contribution in [0.5, 0.6) is 0 Å². The number of hydrogen-bond acceptors (Lipinski definition) is 6. The Kier molecular flexibility index (Phi) is 4.18. The summed E-state index contributed by atoms with van der Waals surface area (Å²) < 4.78 is 0. The van der Waals surface area contributed by atoms with Gasteiger partial charge in [0.05, 0.1) is 4.92 Å². The van der Waals surface area contributed by atoms with Crippen molar-refractivity contribution in [2.24, 2.45) is 0 Å². The van der Waals surface area contributed by atoms with E-state index in [0.29, 0.717) is 5.69 Å². The maximum absolute atomic E-state index is 10.9. The van der Waals surface area contributed by atoms with E-state index in [2.05, 4.69) is 15.3 Å². The number of nitrogens with zero attached hydrogens (tertiary/aromatic N) is 3. The van der Waals surface area contributed by atoms with E-state index in [1.165, 1.54) is 6.33 Å². The highest BCUT2D eigenvalue weighted by Crippen LogP contribution is 2.30. The highest BCUT2D eigenvalue weighted by molar-refractivity contribution is 7.98. The predicted molar refractivity (Wildman–Crippen MR) is 75.2 cm³/mol. The molecule has 0 radical (unpaired) electrons. The highest BCUT2D eigenvalue weighted by atomic mass is 35.5. The van der Waals surface area contributed by atoms with E-state index in [4.69, 9.17) is 11.6 Å². The lowest BCUT2D eigenvalue weighted by atomic mass is 10.3. The van der Waals surface area contributed by atoms with Crippen molar-refractivity contribution in [3.63, 3.8) is 0 Å². The average molecular weight is 297 g/mol. The molecule has 0 amide bonds. The van der Waals surface area contributed by atoms with Gasteiger partial charge in [0, 0.05) is 10.6 Å². The average Bonchev–Trinajstić information content (AvgIpc) is 2.39. The van der Waals surface area contributed by atoms with Crippen LogP contribution < -0.4 is 5.32 Å². The quantitative estimate of drug-likeness (QED) is 0.402. The molecule has 1 heterocycles. The van der Waals surface area contributed by atoms with Crippen molar-refractivity contribution < 1.29 is 4.92 Å². The van der Waals surface area contributed by atoms with Crippen molar-refractivity contribution in [3.8, 4) is 0 Å². The molecule has 6 nitrogen and oxygen atoms in total. The molecule has 0 bridgehead atoms. The zero-order chi connectivity index (χ0) is 13.8. The number of hydrogen-bond donors (Lipinski definition) is 1. The van der Waals surface area contributed by atoms with Gasteiger partial charge in [-0.1, -0.05) is 11.6 Å². The number of anilines is 2. The molecule has 2 aromatic rings. The Bertz CT molecular complexity index is 606. The van der Waals surface area contributed by atoms with Crippen LogP contribution in [0.25, 0.3) is 0 Å². The molecule has 2 rings (SSSR count). The number of nitro groups is 1. The van der Waals surface area contributed by atoms with E-state index in [1.807, 2.05) is 30.5 Å². The van der Waals surface area contributed by atoms with E-state index in [0.717, 1.165) is 4.90 Å². The molecule has 0 aliphatic heterocycles. The second-order valence-electron chi connectivity index (χ2n) is 3.47. The summed E-state index contributed by atoms with van der Waals surface area (Å²) in [6, 6.07) is 7.43. The van der Waals surface area contributed by atoms with Gasteiger partial charge in [-0.2, -0.15) is 0 Å². The number of thioether (sulfide) groups is 1. The normalized spacial score (nSPS) is 10.2. The van der Waals surface area contributed by atoms with Gasteiger partial charge in [0.15, 0.2) is 0 Å². The van der Waals surface area contributed by atoms with E-state index >= 15 is 0 Å². The molecule has 0 aliphatic carbocycles. The van der Waals surface area contributed by atoms with E-state index < -0.39 is 4.92 Å². The number of halogens is 1. The zero-order valence-corrected chi connectivity index (χ0v) is 11.4. The molecule has 0 aliphatic rings. The van der Waals surface area contributed by atoms with Crippen molar-refractivity contribution >= 4 is 40.6 Å². The monoisotopic (exact) mass is 296 g/mol. The third kappa shape index (κ3) is 3.12. The third-order valence-corrected chi connectivity index (χ3v) is 3.33. The van der Waals surface area contributed by atoms with Crippen LogP contribution in [0.1, 0.15) is 0 Å². The molecule has 1 aromatic carbocycles. The van der Waals surface area contributed by atoms with Gasteiger partial charge in [0.2, 0.25) is 11.0 Å². The van der Waals surface area contributed by atoms with Crippen molar-refractivity contribution in [3.05, 3.63) is 45.9 Å². The van der Waals surface area contributed by atoms with Crippen LogP contribution in [-0.2, 0) is 0 Å². The van der Waals surface area contributed by atoms with Gasteiger partial charge in [-0.15, -0.1) is 11.8 Å². The molecular formula is C11H9ClN4O2S. The van der Waals surface area contributed by atoms with Crippen molar-refractivity contribution in [2.45, 2.75) is 4.90 Å². The van der Waals surface area contributed by atoms with Gasteiger partial charge in [-0.25, -0.2) is 9.97 Å². The fraction of sp³-hybridized carbons (Fsp3) is 0.0909. The summed E-state index contributed by atoms with van der Waals surface area (Å²) in [5.74, 6) is 0.0712. The van der Waals surface area contributed by atoms with Crippen molar-refractivity contribution in [2.75, 3.05) is 11.6 Å². The minimum Gasteiger partial charge on any atom is -0.334 e. The van der Waals surface area contributed by atoms with Gasteiger partial charge < -0.3 is 5.32 Å². The fourth-order valence-electron chi connectivity index (χ4n) is 1.42. The standard InChI is InChI=1S/C11H9ClN4O2S/c1-19-8-4-2-7(3-5-8)15-11-9(16(17)18)10(12)13-6-14-11/h2-6H,1H3,(H,13,14,15). The summed E-state index contributed by atoms with van der Waals surface area (Å²) in [5, 5.41) is 13.6. The molecule has 98 valence electrons. The molecule has 0 spiro atoms. The molecule has 8 heteroatoms. The molecule has 1 N–H and O–H groups in total. The zero-order valence-electron chi connectivity index (χ0n) is 9.83. The van der Waals surface area contributed by atoms with E-state index in [9.17, 15) is 10.1 Å². The number of benzene rings is 1. The first-order valence-electron chi connectivity index (χ1n) is 5.18. The molecule has 19 heavy (non-hydrogen) atoms. The lowest BCUT2D eigenvalue weighted by Gasteiger charge is -2.06. The third-order valence-electron chi connectivity index (χ3n) is 2.31. The molecule has 0 saturated carbocycles. The minimum atomic E-state index is -0.610. The van der Waals surface area contributed by atoms with Crippen molar-refractivity contribution in [1.29, 1.82) is 0 Å². The van der Waals surface area contributed by atoms with E-state index in [1.54, 1.807) is 11.8 Å². The first-order chi connectivity index (χ1) is 9.11. The summed E-state index contributed by atoms with van der Waals surface area (Å²) in [6.45, 7) is 0. The summed E-state index contributed by atoms with van der Waals surface area (Å²) in [5.41, 5.74) is 0.355. The Balaban J connectivity index is 2.32. The van der Waals surface area contributed by atoms with Gasteiger partial charge in [-0.05, 0) is 30.5 Å². The van der Waals surface area contributed by atoms with Gasteiger partial charge >= 0.3 is 5.69 Å². The van der Waals surface area contributed by atoms with E-state index in [-0.39, 0.29) is 16.7 Å².